The second-order valence-electron chi connectivity index (χ2n) is 6.42. The molecule has 0 aliphatic carbocycles. The molecule has 134 valence electrons. The second-order valence-corrected chi connectivity index (χ2v) is 6.42. The Hall–Kier alpha value is -3.02. The number of carbonyl (C=O) groups is 1. The third-order valence-corrected chi connectivity index (χ3v) is 4.55. The van der Waals surface area contributed by atoms with Crippen LogP contribution in [0.5, 0.6) is 11.5 Å². The predicted octanol–water partition coefficient (Wildman–Crippen LogP) is 2.57. The molecule has 1 aliphatic heterocycles. The number of fused-ring (bicyclic) bond motifs is 1. The summed E-state index contributed by atoms with van der Waals surface area (Å²) in [5.41, 5.74) is 1.85. The highest BCUT2D eigenvalue weighted by molar-refractivity contribution is 5.77. The van der Waals surface area contributed by atoms with Crippen LogP contribution in [0.3, 0.4) is 0 Å². The maximum Gasteiger partial charge on any atom is 0.223 e. The number of aromatic nitrogens is 2. The van der Waals surface area contributed by atoms with Gasteiger partial charge in [0.25, 0.3) is 0 Å². The zero-order valence-corrected chi connectivity index (χ0v) is 14.7. The van der Waals surface area contributed by atoms with Crippen molar-refractivity contribution >= 4 is 11.6 Å². The van der Waals surface area contributed by atoms with Gasteiger partial charge in [0.2, 0.25) is 5.91 Å². The molecule has 6 heteroatoms. The smallest absolute Gasteiger partial charge is 0.223 e. The number of aryl methyl sites for hydroxylation is 1. The van der Waals surface area contributed by atoms with Gasteiger partial charge in [0.15, 0.2) is 0 Å². The highest BCUT2D eigenvalue weighted by Gasteiger charge is 2.32. The summed E-state index contributed by atoms with van der Waals surface area (Å²) >= 11 is 0. The Balaban J connectivity index is 1.25. The average Bonchev–Trinajstić information content (AvgIpc) is 3.05. The summed E-state index contributed by atoms with van der Waals surface area (Å²) in [6.45, 7) is 1.25. The highest BCUT2D eigenvalue weighted by atomic mass is 16.5. The predicted molar refractivity (Wildman–Crippen MR) is 97.5 cm³/mol. The molecule has 1 aliphatic rings. The second kappa shape index (κ2) is 7.07. The maximum absolute atomic E-state index is 12.3. The average molecular weight is 351 g/mol. The number of pyridine rings is 1. The molecule has 1 amide bonds. The zero-order valence-electron chi connectivity index (χ0n) is 14.7. The van der Waals surface area contributed by atoms with Gasteiger partial charge in [-0.3, -0.25) is 4.79 Å². The fraction of sp³-hybridized carbons (Fsp3) is 0.300. The van der Waals surface area contributed by atoms with Crippen molar-refractivity contribution < 1.29 is 14.3 Å². The van der Waals surface area contributed by atoms with Crippen molar-refractivity contribution in [3.63, 3.8) is 0 Å². The van der Waals surface area contributed by atoms with Crippen molar-refractivity contribution in [1.82, 2.24) is 14.3 Å². The molecule has 26 heavy (non-hydrogen) atoms. The summed E-state index contributed by atoms with van der Waals surface area (Å²) in [6.07, 6.45) is 5.10. The Kier molecular flexibility index (Phi) is 4.48. The lowest BCUT2D eigenvalue weighted by Crippen LogP contribution is -2.56. The molecule has 0 unspecified atom stereocenters. The van der Waals surface area contributed by atoms with Gasteiger partial charge in [-0.25, -0.2) is 4.98 Å². The molecule has 0 saturated carbocycles. The Labute approximate surface area is 152 Å². The lowest BCUT2D eigenvalue weighted by atomic mass is 10.1. The minimum atomic E-state index is 0.0428. The van der Waals surface area contributed by atoms with Gasteiger partial charge in [-0.15, -0.1) is 0 Å². The molecule has 1 aromatic carbocycles. The first-order chi connectivity index (χ1) is 12.7. The van der Waals surface area contributed by atoms with Crippen LogP contribution in [0.15, 0.2) is 54.9 Å². The summed E-state index contributed by atoms with van der Waals surface area (Å²) in [5.74, 6) is 1.68. The maximum atomic E-state index is 12.3. The molecule has 2 aromatic heterocycles. The largest absolute Gasteiger partial charge is 0.497 e. The van der Waals surface area contributed by atoms with E-state index in [9.17, 15) is 4.79 Å². The number of likely N-dealkylation sites (tertiary alicyclic amines) is 1. The first kappa shape index (κ1) is 16.4. The van der Waals surface area contributed by atoms with E-state index in [1.54, 1.807) is 7.11 Å². The Morgan fingerprint density at radius 1 is 1.19 bits per heavy atom. The van der Waals surface area contributed by atoms with Gasteiger partial charge in [-0.1, -0.05) is 12.1 Å². The molecule has 1 fully saturated rings. The lowest BCUT2D eigenvalue weighted by Gasteiger charge is -2.39. The van der Waals surface area contributed by atoms with Crippen LogP contribution in [-0.2, 0) is 11.2 Å². The number of rotatable bonds is 6. The van der Waals surface area contributed by atoms with Crippen LogP contribution in [0, 0.1) is 0 Å². The monoisotopic (exact) mass is 351 g/mol. The summed E-state index contributed by atoms with van der Waals surface area (Å²) in [4.78, 5) is 18.7. The quantitative estimate of drug-likeness (QED) is 0.685. The van der Waals surface area contributed by atoms with Gasteiger partial charge >= 0.3 is 0 Å². The van der Waals surface area contributed by atoms with Crippen LogP contribution in [0.1, 0.15) is 12.1 Å². The van der Waals surface area contributed by atoms with E-state index < -0.39 is 0 Å². The van der Waals surface area contributed by atoms with E-state index in [-0.39, 0.29) is 12.0 Å². The Bertz CT molecular complexity index is 882. The van der Waals surface area contributed by atoms with Crippen LogP contribution in [0.4, 0.5) is 0 Å². The van der Waals surface area contributed by atoms with Crippen molar-refractivity contribution in [2.24, 2.45) is 0 Å². The Morgan fingerprint density at radius 2 is 2.04 bits per heavy atom. The van der Waals surface area contributed by atoms with Crippen molar-refractivity contribution in [2.45, 2.75) is 18.9 Å². The van der Waals surface area contributed by atoms with E-state index in [1.165, 1.54) is 0 Å². The topological polar surface area (TPSA) is 56.1 Å². The van der Waals surface area contributed by atoms with E-state index in [0.29, 0.717) is 25.9 Å². The normalized spacial score (nSPS) is 14.3. The molecule has 0 atom stereocenters. The van der Waals surface area contributed by atoms with Crippen LogP contribution in [0.2, 0.25) is 0 Å². The lowest BCUT2D eigenvalue weighted by molar-refractivity contribution is -0.139. The van der Waals surface area contributed by atoms with E-state index in [4.69, 9.17) is 9.47 Å². The van der Waals surface area contributed by atoms with Crippen LogP contribution >= 0.6 is 0 Å². The molecule has 3 heterocycles. The number of hydrogen-bond acceptors (Lipinski definition) is 4. The highest BCUT2D eigenvalue weighted by Crippen LogP contribution is 2.23. The van der Waals surface area contributed by atoms with Crippen molar-refractivity contribution in [2.75, 3.05) is 20.2 Å². The van der Waals surface area contributed by atoms with Crippen molar-refractivity contribution in [3.8, 4) is 11.5 Å². The molecule has 4 rings (SSSR count). The molecular formula is C20H21N3O3. The number of amides is 1. The van der Waals surface area contributed by atoms with Gasteiger partial charge in [0.1, 0.15) is 23.3 Å². The van der Waals surface area contributed by atoms with E-state index in [0.717, 1.165) is 22.8 Å². The van der Waals surface area contributed by atoms with E-state index in [1.807, 2.05) is 64.2 Å². The first-order valence-electron chi connectivity index (χ1n) is 8.72. The third kappa shape index (κ3) is 3.49. The van der Waals surface area contributed by atoms with Gasteiger partial charge in [-0.2, -0.15) is 0 Å². The molecular weight excluding hydrogens is 330 g/mol. The summed E-state index contributed by atoms with van der Waals surface area (Å²) in [5, 5.41) is 0. The van der Waals surface area contributed by atoms with Crippen LogP contribution in [0.25, 0.3) is 5.65 Å². The number of methoxy groups -OCH3 is 1. The fourth-order valence-corrected chi connectivity index (χ4v) is 3.08. The number of benzene rings is 1. The minimum Gasteiger partial charge on any atom is -0.497 e. The summed E-state index contributed by atoms with van der Waals surface area (Å²) in [7, 11) is 1.63. The number of nitrogens with zero attached hydrogens (tertiary/aromatic N) is 3. The van der Waals surface area contributed by atoms with Crippen molar-refractivity contribution in [1.29, 1.82) is 0 Å². The van der Waals surface area contributed by atoms with Crippen molar-refractivity contribution in [3.05, 3.63) is 60.6 Å². The number of carbonyl (C=O) groups excluding carboxylic acids is 1. The molecule has 0 radical (unpaired) electrons. The number of imidazole rings is 1. The molecule has 0 spiro atoms. The zero-order chi connectivity index (χ0) is 17.9. The van der Waals surface area contributed by atoms with Gasteiger partial charge in [0, 0.05) is 24.9 Å². The SMILES string of the molecule is COc1cccc(OC2CN(C(=O)CCc3cn4ccccc4n3)C2)c1. The summed E-state index contributed by atoms with van der Waals surface area (Å²) < 4.78 is 13.1. The third-order valence-electron chi connectivity index (χ3n) is 4.55. The number of ether oxygens (including phenoxy) is 2. The van der Waals surface area contributed by atoms with E-state index >= 15 is 0 Å². The fourth-order valence-electron chi connectivity index (χ4n) is 3.08. The van der Waals surface area contributed by atoms with Gasteiger partial charge in [-0.05, 0) is 30.7 Å². The minimum absolute atomic E-state index is 0.0428. The first-order valence-corrected chi connectivity index (χ1v) is 8.72. The standard InChI is InChI=1S/C20H21N3O3/c1-25-16-5-4-6-17(11-16)26-18-13-23(14-18)20(24)9-8-15-12-22-10-3-2-7-19(22)21-15/h2-7,10-12,18H,8-9,13-14H2,1H3. The molecule has 1 saturated heterocycles. The summed E-state index contributed by atoms with van der Waals surface area (Å²) in [6, 6.07) is 13.4. The Morgan fingerprint density at radius 3 is 2.85 bits per heavy atom. The number of hydrogen-bond donors (Lipinski definition) is 0. The van der Waals surface area contributed by atoms with Crippen LogP contribution < -0.4 is 9.47 Å². The van der Waals surface area contributed by atoms with Gasteiger partial charge < -0.3 is 18.8 Å². The van der Waals surface area contributed by atoms with Crippen LogP contribution in [-0.4, -0.2) is 46.5 Å². The molecule has 6 nitrogen and oxygen atoms in total. The molecule has 0 N–H and O–H groups in total. The van der Waals surface area contributed by atoms with Gasteiger partial charge in [0.05, 0.1) is 25.9 Å². The molecule has 0 bridgehead atoms. The van der Waals surface area contributed by atoms with E-state index in [2.05, 4.69) is 4.98 Å². The molecule has 3 aromatic rings.